The van der Waals surface area contributed by atoms with E-state index in [9.17, 15) is 4.79 Å². The number of carbonyl (C=O) groups is 1. The lowest BCUT2D eigenvalue weighted by molar-refractivity contribution is 0.0968. The number of nitrogens with two attached hydrogens (primary N) is 1. The highest BCUT2D eigenvalue weighted by Gasteiger charge is 2.16. The standard InChI is InChI=1S/C17H27NO/c1-12(2)15(10-11-18)8-9-17(19)16-7-5-6-13(3)14(16)4/h5-7,12,15H,8-11,18H2,1-4H3. The molecular formula is C17H27NO. The third-order valence-corrected chi connectivity index (χ3v) is 4.13. The van der Waals surface area contributed by atoms with Crippen molar-refractivity contribution in [3.8, 4) is 0 Å². The van der Waals surface area contributed by atoms with Crippen LogP contribution in [0.2, 0.25) is 0 Å². The van der Waals surface area contributed by atoms with Crippen molar-refractivity contribution in [2.24, 2.45) is 17.6 Å². The molecule has 1 atom stereocenters. The fourth-order valence-electron chi connectivity index (χ4n) is 2.53. The van der Waals surface area contributed by atoms with Gasteiger partial charge in [-0.25, -0.2) is 0 Å². The molecule has 1 aromatic rings. The molecule has 0 amide bonds. The average molecular weight is 261 g/mol. The maximum Gasteiger partial charge on any atom is 0.163 e. The lowest BCUT2D eigenvalue weighted by Gasteiger charge is -2.19. The molecule has 0 heterocycles. The molecule has 0 saturated carbocycles. The second-order valence-corrected chi connectivity index (χ2v) is 5.79. The Kier molecular flexibility index (Phi) is 6.23. The van der Waals surface area contributed by atoms with Gasteiger partial charge in [-0.1, -0.05) is 32.0 Å². The molecule has 2 nitrogen and oxygen atoms in total. The number of hydrogen-bond acceptors (Lipinski definition) is 2. The summed E-state index contributed by atoms with van der Waals surface area (Å²) in [6, 6.07) is 5.96. The quantitative estimate of drug-likeness (QED) is 0.757. The molecule has 0 aromatic heterocycles. The first-order valence-electron chi connectivity index (χ1n) is 7.26. The first-order valence-corrected chi connectivity index (χ1v) is 7.26. The lowest BCUT2D eigenvalue weighted by atomic mass is 9.86. The Bertz CT molecular complexity index is 423. The van der Waals surface area contributed by atoms with Crippen LogP contribution in [0.5, 0.6) is 0 Å². The Morgan fingerprint density at radius 3 is 2.47 bits per heavy atom. The summed E-state index contributed by atoms with van der Waals surface area (Å²) in [5.41, 5.74) is 8.83. The summed E-state index contributed by atoms with van der Waals surface area (Å²) >= 11 is 0. The van der Waals surface area contributed by atoms with Crippen LogP contribution in [-0.2, 0) is 0 Å². The Morgan fingerprint density at radius 2 is 1.89 bits per heavy atom. The van der Waals surface area contributed by atoms with E-state index in [2.05, 4.69) is 26.8 Å². The summed E-state index contributed by atoms with van der Waals surface area (Å²) in [4.78, 5) is 12.3. The normalized spacial score (nSPS) is 12.7. The van der Waals surface area contributed by atoms with Gasteiger partial charge >= 0.3 is 0 Å². The molecule has 0 saturated heterocycles. The van der Waals surface area contributed by atoms with Gasteiger partial charge < -0.3 is 5.73 Å². The summed E-state index contributed by atoms with van der Waals surface area (Å²) in [6.07, 6.45) is 2.59. The van der Waals surface area contributed by atoms with Gasteiger partial charge in [-0.15, -0.1) is 0 Å². The van der Waals surface area contributed by atoms with E-state index in [1.54, 1.807) is 0 Å². The van der Waals surface area contributed by atoms with Crippen LogP contribution in [0.25, 0.3) is 0 Å². The van der Waals surface area contributed by atoms with Crippen molar-refractivity contribution < 1.29 is 4.79 Å². The van der Waals surface area contributed by atoms with E-state index in [0.717, 1.165) is 24.0 Å². The number of carbonyl (C=O) groups excluding carboxylic acids is 1. The van der Waals surface area contributed by atoms with Crippen LogP contribution >= 0.6 is 0 Å². The van der Waals surface area contributed by atoms with Gasteiger partial charge in [0.1, 0.15) is 0 Å². The van der Waals surface area contributed by atoms with E-state index in [1.807, 2.05) is 19.1 Å². The highest BCUT2D eigenvalue weighted by molar-refractivity contribution is 5.97. The Balaban J connectivity index is 2.67. The van der Waals surface area contributed by atoms with Crippen molar-refractivity contribution in [3.05, 3.63) is 34.9 Å². The van der Waals surface area contributed by atoms with Crippen LogP contribution in [0.3, 0.4) is 0 Å². The number of hydrogen-bond donors (Lipinski definition) is 1. The minimum Gasteiger partial charge on any atom is -0.330 e. The predicted octanol–water partition coefficient (Wildman–Crippen LogP) is 3.89. The lowest BCUT2D eigenvalue weighted by Crippen LogP contribution is -2.16. The molecule has 0 aliphatic rings. The second-order valence-electron chi connectivity index (χ2n) is 5.79. The summed E-state index contributed by atoms with van der Waals surface area (Å²) in [6.45, 7) is 9.21. The molecule has 0 bridgehead atoms. The van der Waals surface area contributed by atoms with Crippen LogP contribution in [0, 0.1) is 25.7 Å². The number of ketones is 1. The predicted molar refractivity (Wildman–Crippen MR) is 81.5 cm³/mol. The largest absolute Gasteiger partial charge is 0.330 e. The minimum atomic E-state index is 0.267. The van der Waals surface area contributed by atoms with Crippen molar-refractivity contribution >= 4 is 5.78 Å². The summed E-state index contributed by atoms with van der Waals surface area (Å²) in [5.74, 6) is 1.41. The van der Waals surface area contributed by atoms with Gasteiger partial charge in [0, 0.05) is 12.0 Å². The van der Waals surface area contributed by atoms with Crippen LogP contribution in [0.15, 0.2) is 18.2 Å². The van der Waals surface area contributed by atoms with E-state index < -0.39 is 0 Å². The van der Waals surface area contributed by atoms with Crippen LogP contribution in [-0.4, -0.2) is 12.3 Å². The van der Waals surface area contributed by atoms with Crippen molar-refractivity contribution in [2.45, 2.75) is 47.0 Å². The second kappa shape index (κ2) is 7.44. The number of aryl methyl sites for hydroxylation is 1. The SMILES string of the molecule is Cc1cccc(C(=O)CCC(CCN)C(C)C)c1C. The Hall–Kier alpha value is -1.15. The number of benzene rings is 1. The molecule has 1 unspecified atom stereocenters. The van der Waals surface area contributed by atoms with E-state index in [0.29, 0.717) is 24.8 Å². The fraction of sp³-hybridized carbons (Fsp3) is 0.588. The first-order chi connectivity index (χ1) is 8.97. The zero-order chi connectivity index (χ0) is 14.4. The Labute approximate surface area is 117 Å². The zero-order valence-corrected chi connectivity index (χ0v) is 12.7. The molecule has 2 N–H and O–H groups in total. The number of Topliss-reactive ketones (excluding diaryl/α,β-unsaturated/α-hetero) is 1. The summed E-state index contributed by atoms with van der Waals surface area (Å²) in [5, 5.41) is 0. The van der Waals surface area contributed by atoms with Gasteiger partial charge in [0.2, 0.25) is 0 Å². The molecule has 2 heteroatoms. The molecule has 0 radical (unpaired) electrons. The van der Waals surface area contributed by atoms with E-state index >= 15 is 0 Å². The highest BCUT2D eigenvalue weighted by Crippen LogP contribution is 2.23. The van der Waals surface area contributed by atoms with E-state index in [-0.39, 0.29) is 5.78 Å². The van der Waals surface area contributed by atoms with Crippen molar-refractivity contribution in [3.63, 3.8) is 0 Å². The van der Waals surface area contributed by atoms with Crippen LogP contribution in [0.1, 0.15) is 54.6 Å². The maximum atomic E-state index is 12.3. The number of rotatable bonds is 7. The monoisotopic (exact) mass is 261 g/mol. The smallest absolute Gasteiger partial charge is 0.163 e. The zero-order valence-electron chi connectivity index (χ0n) is 12.7. The third-order valence-electron chi connectivity index (χ3n) is 4.13. The van der Waals surface area contributed by atoms with Crippen LogP contribution < -0.4 is 5.73 Å². The van der Waals surface area contributed by atoms with Gasteiger partial charge in [0.15, 0.2) is 5.78 Å². The topological polar surface area (TPSA) is 43.1 Å². The summed E-state index contributed by atoms with van der Waals surface area (Å²) in [7, 11) is 0. The molecule has 1 rings (SSSR count). The van der Waals surface area contributed by atoms with Crippen molar-refractivity contribution in [2.75, 3.05) is 6.54 Å². The van der Waals surface area contributed by atoms with E-state index in [4.69, 9.17) is 5.73 Å². The molecule has 0 aliphatic carbocycles. The van der Waals surface area contributed by atoms with Crippen LogP contribution in [0.4, 0.5) is 0 Å². The molecular weight excluding hydrogens is 234 g/mol. The van der Waals surface area contributed by atoms with Gasteiger partial charge in [0.25, 0.3) is 0 Å². The molecule has 19 heavy (non-hydrogen) atoms. The van der Waals surface area contributed by atoms with Crippen molar-refractivity contribution in [1.82, 2.24) is 0 Å². The van der Waals surface area contributed by atoms with Gasteiger partial charge in [0.05, 0.1) is 0 Å². The van der Waals surface area contributed by atoms with Crippen molar-refractivity contribution in [1.29, 1.82) is 0 Å². The average Bonchev–Trinajstić information content (AvgIpc) is 2.37. The first kappa shape index (κ1) is 15.9. The maximum absolute atomic E-state index is 12.3. The van der Waals surface area contributed by atoms with Gasteiger partial charge in [-0.05, 0) is 56.2 Å². The molecule has 1 aromatic carbocycles. The summed E-state index contributed by atoms with van der Waals surface area (Å²) < 4.78 is 0. The fourth-order valence-corrected chi connectivity index (χ4v) is 2.53. The van der Waals surface area contributed by atoms with Gasteiger partial charge in [-0.2, -0.15) is 0 Å². The molecule has 0 spiro atoms. The highest BCUT2D eigenvalue weighted by atomic mass is 16.1. The van der Waals surface area contributed by atoms with E-state index in [1.165, 1.54) is 5.56 Å². The van der Waals surface area contributed by atoms with Gasteiger partial charge in [-0.3, -0.25) is 4.79 Å². The molecule has 106 valence electrons. The third kappa shape index (κ3) is 4.46. The molecule has 0 fully saturated rings. The molecule has 0 aliphatic heterocycles. The Morgan fingerprint density at radius 1 is 1.21 bits per heavy atom. The minimum absolute atomic E-state index is 0.267.